The molecule has 1 unspecified atom stereocenters. The van der Waals surface area contributed by atoms with Gasteiger partial charge in [0.15, 0.2) is 0 Å². The van der Waals surface area contributed by atoms with Crippen LogP contribution in [0.5, 0.6) is 0 Å². The highest BCUT2D eigenvalue weighted by molar-refractivity contribution is 5.79. The number of hydrogen-bond acceptors (Lipinski definition) is 3. The fourth-order valence-electron chi connectivity index (χ4n) is 3.11. The molecule has 1 atom stereocenters. The number of aryl methyl sites for hydroxylation is 1. The van der Waals surface area contributed by atoms with Crippen molar-refractivity contribution in [3.8, 4) is 6.07 Å². The average molecular weight is 308 g/mol. The molecule has 1 fully saturated rings. The van der Waals surface area contributed by atoms with E-state index in [4.69, 9.17) is 5.26 Å². The first kappa shape index (κ1) is 15.3. The van der Waals surface area contributed by atoms with E-state index < -0.39 is 0 Å². The second kappa shape index (κ2) is 6.66. The molecule has 23 heavy (non-hydrogen) atoms. The number of likely N-dealkylation sites (tertiary alicyclic amines) is 1. The monoisotopic (exact) mass is 308 g/mol. The van der Waals surface area contributed by atoms with Gasteiger partial charge < -0.3 is 4.90 Å². The largest absolute Gasteiger partial charge is 0.338 e. The van der Waals surface area contributed by atoms with Gasteiger partial charge >= 0.3 is 0 Å². The lowest BCUT2D eigenvalue weighted by atomic mass is 10.1. The van der Waals surface area contributed by atoms with Gasteiger partial charge in [-0.1, -0.05) is 12.1 Å². The van der Waals surface area contributed by atoms with Gasteiger partial charge in [0.05, 0.1) is 36.8 Å². The van der Waals surface area contributed by atoms with Gasteiger partial charge in [-0.15, -0.1) is 0 Å². The summed E-state index contributed by atoms with van der Waals surface area (Å²) in [5, 5.41) is 13.2. The van der Waals surface area contributed by atoms with Crippen molar-refractivity contribution < 1.29 is 4.79 Å². The van der Waals surface area contributed by atoms with Crippen molar-refractivity contribution in [2.24, 2.45) is 0 Å². The average Bonchev–Trinajstić information content (AvgIpc) is 3.17. The zero-order valence-electron chi connectivity index (χ0n) is 13.3. The smallest absolute Gasteiger partial charge is 0.227 e. The Hall–Kier alpha value is -2.61. The topological polar surface area (TPSA) is 61.9 Å². The summed E-state index contributed by atoms with van der Waals surface area (Å²) in [6.45, 7) is 3.60. The zero-order chi connectivity index (χ0) is 16.2. The van der Waals surface area contributed by atoms with E-state index in [2.05, 4.69) is 11.2 Å². The number of benzene rings is 1. The molecule has 0 spiro atoms. The van der Waals surface area contributed by atoms with E-state index in [0.717, 1.165) is 37.1 Å². The molecule has 2 heterocycles. The van der Waals surface area contributed by atoms with Crippen LogP contribution in [0.4, 0.5) is 0 Å². The quantitative estimate of drug-likeness (QED) is 0.870. The Balaban J connectivity index is 1.64. The van der Waals surface area contributed by atoms with E-state index in [-0.39, 0.29) is 11.9 Å². The van der Waals surface area contributed by atoms with Crippen molar-refractivity contribution in [3.63, 3.8) is 0 Å². The number of hydrogen-bond donors (Lipinski definition) is 0. The van der Waals surface area contributed by atoms with Gasteiger partial charge in [-0.05, 0) is 43.0 Å². The number of carbonyl (C=O) groups is 1. The van der Waals surface area contributed by atoms with Gasteiger partial charge in [0.2, 0.25) is 5.91 Å². The van der Waals surface area contributed by atoms with E-state index in [1.54, 1.807) is 12.1 Å². The molecule has 2 aromatic rings. The van der Waals surface area contributed by atoms with Crippen LogP contribution in [0.25, 0.3) is 0 Å². The molecule has 3 rings (SSSR count). The Morgan fingerprint density at radius 2 is 2.17 bits per heavy atom. The van der Waals surface area contributed by atoms with Gasteiger partial charge in [0, 0.05) is 12.7 Å². The van der Waals surface area contributed by atoms with Gasteiger partial charge in [0.1, 0.15) is 0 Å². The Kier molecular flexibility index (Phi) is 4.42. The Labute approximate surface area is 136 Å². The van der Waals surface area contributed by atoms with Crippen molar-refractivity contribution >= 4 is 5.91 Å². The lowest BCUT2D eigenvalue weighted by Crippen LogP contribution is -2.39. The summed E-state index contributed by atoms with van der Waals surface area (Å²) < 4.78 is 1.92. The minimum Gasteiger partial charge on any atom is -0.338 e. The van der Waals surface area contributed by atoms with Gasteiger partial charge in [0.25, 0.3) is 0 Å². The predicted octanol–water partition coefficient (Wildman–Crippen LogP) is 2.30. The highest BCUT2D eigenvalue weighted by atomic mass is 16.2. The fourth-order valence-corrected chi connectivity index (χ4v) is 3.11. The third-order valence-corrected chi connectivity index (χ3v) is 4.30. The third-order valence-electron chi connectivity index (χ3n) is 4.30. The Morgan fingerprint density at radius 3 is 2.83 bits per heavy atom. The first-order valence-electron chi connectivity index (χ1n) is 7.93. The van der Waals surface area contributed by atoms with Crippen LogP contribution in [0.3, 0.4) is 0 Å². The van der Waals surface area contributed by atoms with Crippen LogP contribution >= 0.6 is 0 Å². The second-order valence-electron chi connectivity index (χ2n) is 6.11. The molecule has 1 aromatic carbocycles. The Bertz CT molecular complexity index is 726. The van der Waals surface area contributed by atoms with Gasteiger partial charge in [-0.3, -0.25) is 9.48 Å². The first-order valence-corrected chi connectivity index (χ1v) is 7.93. The summed E-state index contributed by atoms with van der Waals surface area (Å²) in [4.78, 5) is 14.6. The maximum atomic E-state index is 12.6. The molecule has 1 aliphatic heterocycles. The summed E-state index contributed by atoms with van der Waals surface area (Å²) in [5.74, 6) is 0.154. The molecule has 5 nitrogen and oxygen atoms in total. The SMILES string of the molecule is Cc1cnn(CC2CCCN2C(=O)Cc2ccc(C#N)cc2)c1. The van der Waals surface area contributed by atoms with Crippen LogP contribution in [0.1, 0.15) is 29.5 Å². The van der Waals surface area contributed by atoms with Crippen LogP contribution in [-0.4, -0.2) is 33.2 Å². The van der Waals surface area contributed by atoms with Crippen LogP contribution in [0.15, 0.2) is 36.7 Å². The molecule has 1 aromatic heterocycles. The predicted molar refractivity (Wildman–Crippen MR) is 86.6 cm³/mol. The highest BCUT2D eigenvalue weighted by Crippen LogP contribution is 2.20. The first-order chi connectivity index (χ1) is 11.2. The number of nitrogens with zero attached hydrogens (tertiary/aromatic N) is 4. The molecule has 1 saturated heterocycles. The number of amides is 1. The van der Waals surface area contributed by atoms with E-state index in [1.165, 1.54) is 0 Å². The molecule has 0 radical (unpaired) electrons. The number of aromatic nitrogens is 2. The lowest BCUT2D eigenvalue weighted by Gasteiger charge is -2.25. The molecule has 0 aliphatic carbocycles. The molecular weight excluding hydrogens is 288 g/mol. The third kappa shape index (κ3) is 3.59. The van der Waals surface area contributed by atoms with Crippen molar-refractivity contribution in [1.82, 2.24) is 14.7 Å². The van der Waals surface area contributed by atoms with Crippen LogP contribution in [0, 0.1) is 18.3 Å². The van der Waals surface area contributed by atoms with Crippen LogP contribution < -0.4 is 0 Å². The molecule has 0 saturated carbocycles. The van der Waals surface area contributed by atoms with Crippen molar-refractivity contribution in [2.75, 3.05) is 6.54 Å². The van der Waals surface area contributed by atoms with Crippen molar-refractivity contribution in [2.45, 2.75) is 38.8 Å². The van der Waals surface area contributed by atoms with E-state index in [9.17, 15) is 4.79 Å². The van der Waals surface area contributed by atoms with Gasteiger partial charge in [-0.2, -0.15) is 10.4 Å². The zero-order valence-corrected chi connectivity index (χ0v) is 13.3. The molecule has 1 aliphatic rings. The number of rotatable bonds is 4. The van der Waals surface area contributed by atoms with Gasteiger partial charge in [-0.25, -0.2) is 0 Å². The van der Waals surface area contributed by atoms with Crippen molar-refractivity contribution in [1.29, 1.82) is 5.26 Å². The molecule has 0 N–H and O–H groups in total. The van der Waals surface area contributed by atoms with E-state index >= 15 is 0 Å². The Morgan fingerprint density at radius 1 is 1.39 bits per heavy atom. The van der Waals surface area contributed by atoms with E-state index in [1.807, 2.05) is 41.0 Å². The maximum Gasteiger partial charge on any atom is 0.227 e. The minimum absolute atomic E-state index is 0.154. The number of nitriles is 1. The minimum atomic E-state index is 0.154. The molecule has 5 heteroatoms. The summed E-state index contributed by atoms with van der Waals surface area (Å²) in [6.07, 6.45) is 6.32. The molecule has 1 amide bonds. The van der Waals surface area contributed by atoms with Crippen LogP contribution in [-0.2, 0) is 17.8 Å². The summed E-state index contributed by atoms with van der Waals surface area (Å²) >= 11 is 0. The molecule has 118 valence electrons. The van der Waals surface area contributed by atoms with Crippen LogP contribution in [0.2, 0.25) is 0 Å². The summed E-state index contributed by atoms with van der Waals surface area (Å²) in [7, 11) is 0. The van der Waals surface area contributed by atoms with Crippen molar-refractivity contribution in [3.05, 3.63) is 53.3 Å². The fraction of sp³-hybridized carbons (Fsp3) is 0.389. The normalized spacial score (nSPS) is 17.2. The molecule has 0 bridgehead atoms. The summed E-state index contributed by atoms with van der Waals surface area (Å²) in [5.41, 5.74) is 2.71. The molecular formula is C18H20N4O. The lowest BCUT2D eigenvalue weighted by molar-refractivity contribution is -0.131. The maximum absolute atomic E-state index is 12.6. The highest BCUT2D eigenvalue weighted by Gasteiger charge is 2.28. The standard InChI is InChI=1S/C18H20N4O/c1-14-11-20-21(12-14)13-17-3-2-8-22(17)18(23)9-15-4-6-16(10-19)7-5-15/h4-7,11-12,17H,2-3,8-9,13H2,1H3. The number of carbonyl (C=O) groups excluding carboxylic acids is 1. The van der Waals surface area contributed by atoms with E-state index in [0.29, 0.717) is 12.0 Å². The second-order valence-corrected chi connectivity index (χ2v) is 6.11. The summed E-state index contributed by atoms with van der Waals surface area (Å²) in [6, 6.07) is 9.56.